The number of carbonyl (C=O) groups excluding carboxylic acids is 1. The smallest absolute Gasteiger partial charge is 0.360 e. The Hall–Kier alpha value is -1.59. The molecular weight excluding hydrogens is 274 g/mol. The fourth-order valence-electron chi connectivity index (χ4n) is 1.34. The molecule has 0 amide bonds. The SMILES string of the molecule is COC(=O)c1ncccc1OCc1ccc(Cl)s1. The number of aromatic nitrogens is 1. The van der Waals surface area contributed by atoms with Crippen LogP contribution in [0.4, 0.5) is 0 Å². The van der Waals surface area contributed by atoms with Gasteiger partial charge in [-0.3, -0.25) is 0 Å². The molecule has 0 aliphatic carbocycles. The van der Waals surface area contributed by atoms with Crippen LogP contribution in [0.25, 0.3) is 0 Å². The first-order valence-corrected chi connectivity index (χ1v) is 6.30. The summed E-state index contributed by atoms with van der Waals surface area (Å²) in [5.74, 6) is -0.122. The lowest BCUT2D eigenvalue weighted by atomic mass is 10.3. The molecular formula is C12H10ClNO3S. The fraction of sp³-hybridized carbons (Fsp3) is 0.167. The normalized spacial score (nSPS) is 10.1. The molecule has 0 saturated carbocycles. The van der Waals surface area contributed by atoms with Crippen molar-refractivity contribution in [2.24, 2.45) is 0 Å². The number of methoxy groups -OCH3 is 1. The van der Waals surface area contributed by atoms with Gasteiger partial charge in [0.15, 0.2) is 11.4 Å². The predicted octanol–water partition coefficient (Wildman–Crippen LogP) is 3.16. The number of esters is 1. The Morgan fingerprint density at radius 1 is 1.44 bits per heavy atom. The highest BCUT2D eigenvalue weighted by Crippen LogP contribution is 2.24. The van der Waals surface area contributed by atoms with Crippen LogP contribution in [0.5, 0.6) is 5.75 Å². The quantitative estimate of drug-likeness (QED) is 0.809. The molecule has 0 aromatic carbocycles. The van der Waals surface area contributed by atoms with Crippen LogP contribution in [0.1, 0.15) is 15.4 Å². The molecule has 18 heavy (non-hydrogen) atoms. The van der Waals surface area contributed by atoms with Crippen LogP contribution in [0.15, 0.2) is 30.5 Å². The molecule has 0 bridgehead atoms. The highest BCUT2D eigenvalue weighted by molar-refractivity contribution is 7.16. The zero-order valence-electron chi connectivity index (χ0n) is 9.55. The molecule has 0 N–H and O–H groups in total. The second kappa shape index (κ2) is 5.84. The number of halogens is 1. The van der Waals surface area contributed by atoms with E-state index in [-0.39, 0.29) is 5.69 Å². The number of rotatable bonds is 4. The molecule has 2 aromatic rings. The molecule has 2 aromatic heterocycles. The molecule has 94 valence electrons. The second-order valence-corrected chi connectivity index (χ2v) is 5.14. The van der Waals surface area contributed by atoms with Gasteiger partial charge in [-0.05, 0) is 24.3 Å². The number of ether oxygens (including phenoxy) is 2. The van der Waals surface area contributed by atoms with Crippen LogP contribution in [0.2, 0.25) is 4.34 Å². The van der Waals surface area contributed by atoms with E-state index in [4.69, 9.17) is 16.3 Å². The third-order valence-corrected chi connectivity index (χ3v) is 3.35. The Labute approximate surface area is 113 Å². The number of hydrogen-bond donors (Lipinski definition) is 0. The van der Waals surface area contributed by atoms with Gasteiger partial charge in [-0.25, -0.2) is 9.78 Å². The minimum absolute atomic E-state index is 0.169. The summed E-state index contributed by atoms with van der Waals surface area (Å²) in [5.41, 5.74) is 0.169. The Kier molecular flexibility index (Phi) is 4.17. The van der Waals surface area contributed by atoms with Crippen molar-refractivity contribution in [3.63, 3.8) is 0 Å². The van der Waals surface area contributed by atoms with E-state index < -0.39 is 5.97 Å². The lowest BCUT2D eigenvalue weighted by molar-refractivity contribution is 0.0588. The van der Waals surface area contributed by atoms with E-state index in [9.17, 15) is 4.79 Å². The molecule has 0 unspecified atom stereocenters. The minimum Gasteiger partial charge on any atom is -0.486 e. The van der Waals surface area contributed by atoms with Gasteiger partial charge in [0.1, 0.15) is 6.61 Å². The maximum Gasteiger partial charge on any atom is 0.360 e. The molecule has 0 aliphatic heterocycles. The first kappa shape index (κ1) is 12.9. The highest BCUT2D eigenvalue weighted by atomic mass is 35.5. The van der Waals surface area contributed by atoms with Gasteiger partial charge < -0.3 is 9.47 Å². The zero-order chi connectivity index (χ0) is 13.0. The number of carbonyl (C=O) groups is 1. The average Bonchev–Trinajstić information content (AvgIpc) is 2.81. The van der Waals surface area contributed by atoms with Crippen molar-refractivity contribution in [3.05, 3.63) is 45.4 Å². The fourth-order valence-corrected chi connectivity index (χ4v) is 2.34. The van der Waals surface area contributed by atoms with Gasteiger partial charge in [0.2, 0.25) is 0 Å². The van der Waals surface area contributed by atoms with Gasteiger partial charge in [-0.15, -0.1) is 11.3 Å². The topological polar surface area (TPSA) is 48.4 Å². The predicted molar refractivity (Wildman–Crippen MR) is 69.2 cm³/mol. The van der Waals surface area contributed by atoms with Gasteiger partial charge >= 0.3 is 5.97 Å². The summed E-state index contributed by atoms with van der Waals surface area (Å²) in [7, 11) is 1.31. The minimum atomic E-state index is -0.519. The van der Waals surface area contributed by atoms with Crippen molar-refractivity contribution in [2.45, 2.75) is 6.61 Å². The third kappa shape index (κ3) is 3.00. The van der Waals surface area contributed by atoms with Crippen molar-refractivity contribution in [1.82, 2.24) is 4.98 Å². The summed E-state index contributed by atoms with van der Waals surface area (Å²) in [6.07, 6.45) is 1.52. The maximum atomic E-state index is 11.5. The van der Waals surface area contributed by atoms with E-state index in [1.165, 1.54) is 24.6 Å². The van der Waals surface area contributed by atoms with Crippen LogP contribution in [0, 0.1) is 0 Å². The largest absolute Gasteiger partial charge is 0.486 e. The van der Waals surface area contributed by atoms with Crippen LogP contribution in [-0.2, 0) is 11.3 Å². The number of hydrogen-bond acceptors (Lipinski definition) is 5. The molecule has 2 heterocycles. The summed E-state index contributed by atoms with van der Waals surface area (Å²) < 4.78 is 10.9. The average molecular weight is 284 g/mol. The van der Waals surface area contributed by atoms with Gasteiger partial charge in [-0.2, -0.15) is 0 Å². The van der Waals surface area contributed by atoms with Crippen molar-refractivity contribution >= 4 is 28.9 Å². The van der Waals surface area contributed by atoms with Crippen molar-refractivity contribution < 1.29 is 14.3 Å². The Balaban J connectivity index is 2.11. The van der Waals surface area contributed by atoms with Crippen LogP contribution in [-0.4, -0.2) is 18.1 Å². The van der Waals surface area contributed by atoms with Crippen molar-refractivity contribution in [3.8, 4) is 5.75 Å². The van der Waals surface area contributed by atoms with E-state index in [0.717, 1.165) is 4.88 Å². The van der Waals surface area contributed by atoms with Crippen LogP contribution in [0.3, 0.4) is 0 Å². The Morgan fingerprint density at radius 3 is 2.94 bits per heavy atom. The number of pyridine rings is 1. The van der Waals surface area contributed by atoms with E-state index in [0.29, 0.717) is 16.7 Å². The molecule has 0 fully saturated rings. The number of nitrogens with zero attached hydrogens (tertiary/aromatic N) is 1. The van der Waals surface area contributed by atoms with Crippen molar-refractivity contribution in [2.75, 3.05) is 7.11 Å². The first-order chi connectivity index (χ1) is 8.70. The zero-order valence-corrected chi connectivity index (χ0v) is 11.1. The molecule has 2 rings (SSSR count). The van der Waals surface area contributed by atoms with E-state index in [2.05, 4.69) is 9.72 Å². The van der Waals surface area contributed by atoms with E-state index >= 15 is 0 Å². The lowest BCUT2D eigenvalue weighted by Gasteiger charge is -2.07. The second-order valence-electron chi connectivity index (χ2n) is 3.34. The van der Waals surface area contributed by atoms with Crippen molar-refractivity contribution in [1.29, 1.82) is 0 Å². The molecule has 0 saturated heterocycles. The monoisotopic (exact) mass is 283 g/mol. The van der Waals surface area contributed by atoms with Gasteiger partial charge in [0, 0.05) is 11.1 Å². The molecule has 0 aliphatic rings. The molecule has 0 radical (unpaired) electrons. The molecule has 0 spiro atoms. The number of thiophene rings is 1. The van der Waals surface area contributed by atoms with E-state index in [1.54, 1.807) is 18.2 Å². The summed E-state index contributed by atoms with van der Waals surface area (Å²) in [6.45, 7) is 0.340. The highest BCUT2D eigenvalue weighted by Gasteiger charge is 2.14. The maximum absolute atomic E-state index is 11.5. The lowest BCUT2D eigenvalue weighted by Crippen LogP contribution is -2.07. The molecule has 0 atom stereocenters. The van der Waals surface area contributed by atoms with Crippen LogP contribution >= 0.6 is 22.9 Å². The van der Waals surface area contributed by atoms with Gasteiger partial charge in [0.25, 0.3) is 0 Å². The van der Waals surface area contributed by atoms with E-state index in [1.807, 2.05) is 6.07 Å². The summed E-state index contributed by atoms with van der Waals surface area (Å²) in [4.78, 5) is 16.4. The third-order valence-electron chi connectivity index (χ3n) is 2.15. The van der Waals surface area contributed by atoms with Gasteiger partial charge in [0.05, 0.1) is 11.4 Å². The Morgan fingerprint density at radius 2 is 2.28 bits per heavy atom. The van der Waals surface area contributed by atoms with Crippen LogP contribution < -0.4 is 4.74 Å². The molecule has 4 nitrogen and oxygen atoms in total. The summed E-state index contributed by atoms with van der Waals surface area (Å²) in [6, 6.07) is 7.05. The summed E-state index contributed by atoms with van der Waals surface area (Å²) >= 11 is 7.25. The van der Waals surface area contributed by atoms with Gasteiger partial charge in [-0.1, -0.05) is 11.6 Å². The standard InChI is InChI=1S/C12H10ClNO3S/c1-16-12(15)11-9(3-2-6-14-11)17-7-8-4-5-10(13)18-8/h2-6H,7H2,1H3. The molecule has 6 heteroatoms. The first-order valence-electron chi connectivity index (χ1n) is 5.11. The Bertz CT molecular complexity index is 556. The summed E-state index contributed by atoms with van der Waals surface area (Å²) in [5, 5.41) is 0.